The molecular formula is C15H20ClNO3S. The lowest BCUT2D eigenvalue weighted by atomic mass is 10.0. The van der Waals surface area contributed by atoms with Crippen molar-refractivity contribution in [3.63, 3.8) is 0 Å². The second kappa shape index (κ2) is 5.97. The summed E-state index contributed by atoms with van der Waals surface area (Å²) in [5, 5.41) is 0. The fraction of sp³-hybridized carbons (Fsp3) is 0.533. The summed E-state index contributed by atoms with van der Waals surface area (Å²) >= 11 is 5.74. The number of rotatable bonds is 3. The van der Waals surface area contributed by atoms with Gasteiger partial charge >= 0.3 is 0 Å². The lowest BCUT2D eigenvalue weighted by Crippen LogP contribution is -2.43. The lowest BCUT2D eigenvalue weighted by Gasteiger charge is -2.31. The molecule has 1 aromatic rings. The Morgan fingerprint density at radius 2 is 1.86 bits per heavy atom. The SMILES string of the molecule is Cc1cc(C)c(N(C(=O)CCl)[C@@H]2CCS(=O)(=O)C2)c(C)c1. The number of alkyl halides is 1. The van der Waals surface area contributed by atoms with Crippen LogP contribution in [-0.2, 0) is 14.6 Å². The molecule has 1 atom stereocenters. The summed E-state index contributed by atoms with van der Waals surface area (Å²) in [5.41, 5.74) is 3.85. The third kappa shape index (κ3) is 3.40. The fourth-order valence-corrected chi connectivity index (χ4v) is 4.94. The molecule has 2 rings (SSSR count). The predicted octanol–water partition coefficient (Wildman–Crippen LogP) is 2.37. The van der Waals surface area contributed by atoms with Crippen LogP contribution in [0.2, 0.25) is 0 Å². The van der Waals surface area contributed by atoms with Crippen molar-refractivity contribution >= 4 is 33.0 Å². The number of benzene rings is 1. The summed E-state index contributed by atoms with van der Waals surface area (Å²) in [6.45, 7) is 5.87. The summed E-state index contributed by atoms with van der Waals surface area (Å²) in [6.07, 6.45) is 0.470. The monoisotopic (exact) mass is 329 g/mol. The fourth-order valence-electron chi connectivity index (χ4n) is 3.11. The maximum absolute atomic E-state index is 12.3. The average molecular weight is 330 g/mol. The zero-order valence-corrected chi connectivity index (χ0v) is 14.1. The molecule has 0 aliphatic carbocycles. The van der Waals surface area contributed by atoms with Gasteiger partial charge in [-0.3, -0.25) is 4.79 Å². The highest BCUT2D eigenvalue weighted by Crippen LogP contribution is 2.31. The second-order valence-electron chi connectivity index (χ2n) is 5.70. The highest BCUT2D eigenvalue weighted by Gasteiger charge is 2.36. The number of nitrogens with zero attached hydrogens (tertiary/aromatic N) is 1. The van der Waals surface area contributed by atoms with Gasteiger partial charge in [-0.2, -0.15) is 0 Å². The molecular weight excluding hydrogens is 310 g/mol. The van der Waals surface area contributed by atoms with Crippen molar-refractivity contribution in [1.29, 1.82) is 0 Å². The second-order valence-corrected chi connectivity index (χ2v) is 8.20. The predicted molar refractivity (Wildman–Crippen MR) is 85.9 cm³/mol. The Morgan fingerprint density at radius 3 is 2.29 bits per heavy atom. The molecule has 1 amide bonds. The van der Waals surface area contributed by atoms with Gasteiger partial charge in [0, 0.05) is 5.69 Å². The maximum atomic E-state index is 12.3. The van der Waals surface area contributed by atoms with Crippen LogP contribution >= 0.6 is 11.6 Å². The normalized spacial score (nSPS) is 20.5. The third-order valence-corrected chi connectivity index (χ3v) is 5.81. The number of hydrogen-bond donors (Lipinski definition) is 0. The van der Waals surface area contributed by atoms with Crippen LogP contribution in [-0.4, -0.2) is 37.8 Å². The topological polar surface area (TPSA) is 54.5 Å². The summed E-state index contributed by atoms with van der Waals surface area (Å²) < 4.78 is 23.5. The number of carbonyl (C=O) groups excluding carboxylic acids is 1. The maximum Gasteiger partial charge on any atom is 0.242 e. The van der Waals surface area contributed by atoms with Crippen LogP contribution in [0.15, 0.2) is 12.1 Å². The molecule has 0 N–H and O–H groups in total. The first-order valence-electron chi connectivity index (χ1n) is 6.91. The summed E-state index contributed by atoms with van der Waals surface area (Å²) in [5.74, 6) is -0.242. The lowest BCUT2D eigenvalue weighted by molar-refractivity contribution is -0.116. The number of halogens is 1. The number of sulfone groups is 1. The first kappa shape index (κ1) is 16.3. The van der Waals surface area contributed by atoms with Crippen LogP contribution in [0, 0.1) is 20.8 Å². The van der Waals surface area contributed by atoms with Crippen molar-refractivity contribution in [3.05, 3.63) is 28.8 Å². The number of amides is 1. The van der Waals surface area contributed by atoms with Crippen molar-refractivity contribution in [2.75, 3.05) is 22.3 Å². The Labute approximate surface area is 131 Å². The number of aryl methyl sites for hydroxylation is 3. The summed E-state index contributed by atoms with van der Waals surface area (Å²) in [4.78, 5) is 13.9. The molecule has 0 radical (unpaired) electrons. The minimum atomic E-state index is -3.06. The molecule has 1 saturated heterocycles. The molecule has 1 aliphatic rings. The Balaban J connectivity index is 2.50. The van der Waals surface area contributed by atoms with E-state index in [1.165, 1.54) is 0 Å². The van der Waals surface area contributed by atoms with Gasteiger partial charge in [0.25, 0.3) is 0 Å². The van der Waals surface area contributed by atoms with E-state index in [2.05, 4.69) is 0 Å². The van der Waals surface area contributed by atoms with E-state index < -0.39 is 9.84 Å². The highest BCUT2D eigenvalue weighted by atomic mass is 35.5. The van der Waals surface area contributed by atoms with E-state index in [9.17, 15) is 13.2 Å². The van der Waals surface area contributed by atoms with Gasteiger partial charge in [-0.25, -0.2) is 8.42 Å². The molecule has 1 heterocycles. The number of hydrogen-bond acceptors (Lipinski definition) is 3. The molecule has 1 fully saturated rings. The van der Waals surface area contributed by atoms with Gasteiger partial charge in [-0.1, -0.05) is 17.7 Å². The van der Waals surface area contributed by atoms with E-state index in [0.29, 0.717) is 6.42 Å². The van der Waals surface area contributed by atoms with Crippen molar-refractivity contribution in [1.82, 2.24) is 0 Å². The van der Waals surface area contributed by atoms with E-state index in [1.807, 2.05) is 32.9 Å². The van der Waals surface area contributed by atoms with Gasteiger partial charge in [0.1, 0.15) is 5.88 Å². The molecule has 4 nitrogen and oxygen atoms in total. The molecule has 116 valence electrons. The van der Waals surface area contributed by atoms with Gasteiger partial charge in [0.2, 0.25) is 5.91 Å². The standard InChI is InChI=1S/C15H20ClNO3S/c1-10-6-11(2)15(12(3)7-10)17(14(18)8-16)13-4-5-21(19,20)9-13/h6-7,13H,4-5,8-9H2,1-3H3/t13-/m1/s1. The van der Waals surface area contributed by atoms with Crippen LogP contribution in [0.25, 0.3) is 0 Å². The van der Waals surface area contributed by atoms with E-state index in [1.54, 1.807) is 4.90 Å². The number of carbonyl (C=O) groups is 1. The van der Waals surface area contributed by atoms with Crippen LogP contribution in [0.3, 0.4) is 0 Å². The van der Waals surface area contributed by atoms with Gasteiger partial charge in [0.15, 0.2) is 9.84 Å². The molecule has 0 spiro atoms. The molecule has 1 aromatic carbocycles. The Hall–Kier alpha value is -1.07. The molecule has 0 saturated carbocycles. The highest BCUT2D eigenvalue weighted by molar-refractivity contribution is 7.91. The quantitative estimate of drug-likeness (QED) is 0.800. The molecule has 1 aliphatic heterocycles. The first-order valence-corrected chi connectivity index (χ1v) is 9.27. The van der Waals surface area contributed by atoms with E-state index >= 15 is 0 Å². The van der Waals surface area contributed by atoms with Gasteiger partial charge in [-0.05, 0) is 38.3 Å². The minimum Gasteiger partial charge on any atom is -0.307 e. The zero-order valence-electron chi connectivity index (χ0n) is 12.5. The van der Waals surface area contributed by atoms with Crippen LogP contribution in [0.4, 0.5) is 5.69 Å². The largest absolute Gasteiger partial charge is 0.307 e. The molecule has 0 aromatic heterocycles. The van der Waals surface area contributed by atoms with E-state index in [0.717, 1.165) is 22.4 Å². The summed E-state index contributed by atoms with van der Waals surface area (Å²) in [7, 11) is -3.06. The third-order valence-electron chi connectivity index (χ3n) is 3.83. The van der Waals surface area contributed by atoms with E-state index in [-0.39, 0.29) is 29.3 Å². The Morgan fingerprint density at radius 1 is 1.29 bits per heavy atom. The van der Waals surface area contributed by atoms with Crippen molar-refractivity contribution in [2.24, 2.45) is 0 Å². The van der Waals surface area contributed by atoms with Gasteiger partial charge < -0.3 is 4.90 Å². The minimum absolute atomic E-state index is 0.0163. The van der Waals surface area contributed by atoms with Gasteiger partial charge in [-0.15, -0.1) is 11.6 Å². The zero-order chi connectivity index (χ0) is 15.8. The molecule has 21 heavy (non-hydrogen) atoms. The Kier molecular flexibility index (Phi) is 4.63. The summed E-state index contributed by atoms with van der Waals surface area (Å²) in [6, 6.07) is 3.68. The van der Waals surface area contributed by atoms with Gasteiger partial charge in [0.05, 0.1) is 17.5 Å². The van der Waals surface area contributed by atoms with Crippen LogP contribution in [0.5, 0.6) is 0 Å². The average Bonchev–Trinajstić information content (AvgIpc) is 2.72. The molecule has 0 unspecified atom stereocenters. The molecule has 0 bridgehead atoms. The Bertz CT molecular complexity index is 646. The first-order chi connectivity index (χ1) is 9.75. The van der Waals surface area contributed by atoms with Crippen LogP contribution in [0.1, 0.15) is 23.1 Å². The van der Waals surface area contributed by atoms with E-state index in [4.69, 9.17) is 11.6 Å². The number of anilines is 1. The van der Waals surface area contributed by atoms with Crippen molar-refractivity contribution < 1.29 is 13.2 Å². The van der Waals surface area contributed by atoms with Crippen LogP contribution < -0.4 is 4.90 Å². The smallest absolute Gasteiger partial charge is 0.242 e. The molecule has 6 heteroatoms. The van der Waals surface area contributed by atoms with Crippen molar-refractivity contribution in [3.8, 4) is 0 Å². The van der Waals surface area contributed by atoms with Crippen molar-refractivity contribution in [2.45, 2.75) is 33.2 Å².